The van der Waals surface area contributed by atoms with Crippen LogP contribution in [0.3, 0.4) is 0 Å². The summed E-state index contributed by atoms with van der Waals surface area (Å²) in [5, 5.41) is 0. The lowest BCUT2D eigenvalue weighted by Gasteiger charge is -2.42. The predicted molar refractivity (Wildman–Crippen MR) is 136 cm³/mol. The molecule has 0 N–H and O–H groups in total. The molecule has 0 aliphatic heterocycles. The molecule has 0 unspecified atom stereocenters. The van der Waals surface area contributed by atoms with Crippen molar-refractivity contribution in [2.45, 2.75) is 85.0 Å². The maximum absolute atomic E-state index is 11.9. The zero-order valence-corrected chi connectivity index (χ0v) is 21.0. The van der Waals surface area contributed by atoms with Crippen LogP contribution in [0, 0.1) is 5.92 Å². The number of aryl methyl sites for hydroxylation is 1. The fourth-order valence-corrected chi connectivity index (χ4v) is 4.62. The molecule has 0 heterocycles. The predicted octanol–water partition coefficient (Wildman–Crippen LogP) is 7.97. The average Bonchev–Trinajstić information content (AvgIpc) is 2.74. The molecule has 0 amide bonds. The number of hydrogen-bond acceptors (Lipinski definition) is 2. The minimum atomic E-state index is -0.265. The van der Waals surface area contributed by atoms with E-state index in [1.54, 1.807) is 0 Å². The van der Waals surface area contributed by atoms with E-state index >= 15 is 0 Å². The molecule has 2 heteroatoms. The Balaban J connectivity index is 1.98. The number of hydrogen-bond donors (Lipinski definition) is 0. The summed E-state index contributed by atoms with van der Waals surface area (Å²) in [4.78, 5) is 11.9. The van der Waals surface area contributed by atoms with Gasteiger partial charge in [0, 0.05) is 0 Å². The van der Waals surface area contributed by atoms with Crippen LogP contribution in [-0.4, -0.2) is 12.6 Å². The summed E-state index contributed by atoms with van der Waals surface area (Å²) in [5.74, 6) is 0.418. The maximum Gasteiger partial charge on any atom is 0.338 e. The Bertz CT molecular complexity index is 975. The first kappa shape index (κ1) is 24.3. The second kappa shape index (κ2) is 9.65. The summed E-state index contributed by atoms with van der Waals surface area (Å²) in [5.41, 5.74) is 7.91. The van der Waals surface area contributed by atoms with Gasteiger partial charge in [-0.1, -0.05) is 78.0 Å². The van der Waals surface area contributed by atoms with E-state index in [1.807, 2.05) is 31.2 Å². The second-order valence-corrected chi connectivity index (χ2v) is 11.0. The molecule has 32 heavy (non-hydrogen) atoms. The third-order valence-electron chi connectivity index (χ3n) is 6.98. The molecule has 0 spiro atoms. The van der Waals surface area contributed by atoms with Gasteiger partial charge in [0.05, 0.1) is 12.2 Å². The smallest absolute Gasteiger partial charge is 0.338 e. The monoisotopic (exact) mass is 432 g/mol. The van der Waals surface area contributed by atoms with Crippen molar-refractivity contribution < 1.29 is 9.53 Å². The fourth-order valence-electron chi connectivity index (χ4n) is 4.62. The van der Waals surface area contributed by atoms with Gasteiger partial charge in [-0.05, 0) is 89.3 Å². The number of carbonyl (C=O) groups is 1. The number of fused-ring (bicyclic) bond motifs is 1. The van der Waals surface area contributed by atoms with Crippen LogP contribution in [0.4, 0.5) is 0 Å². The average molecular weight is 433 g/mol. The van der Waals surface area contributed by atoms with Gasteiger partial charge in [0.1, 0.15) is 0 Å². The lowest BCUT2D eigenvalue weighted by molar-refractivity contribution is 0.0526. The first-order valence-corrected chi connectivity index (χ1v) is 12.2. The van der Waals surface area contributed by atoms with E-state index in [0.717, 1.165) is 12.0 Å². The molecule has 0 fully saturated rings. The highest BCUT2D eigenvalue weighted by molar-refractivity contribution is 5.89. The number of carbonyl (C=O) groups excluding carboxylic acids is 1. The Morgan fingerprint density at radius 3 is 2.12 bits per heavy atom. The summed E-state index contributed by atoms with van der Waals surface area (Å²) < 4.78 is 5.09. The van der Waals surface area contributed by atoms with Gasteiger partial charge in [-0.15, -0.1) is 0 Å². The summed E-state index contributed by atoms with van der Waals surface area (Å²) in [6.07, 6.45) is 9.17. The molecule has 172 valence electrons. The van der Waals surface area contributed by atoms with Crippen LogP contribution >= 0.6 is 0 Å². The van der Waals surface area contributed by atoms with Gasteiger partial charge in [0.15, 0.2) is 0 Å². The van der Waals surface area contributed by atoms with Gasteiger partial charge >= 0.3 is 5.97 Å². The van der Waals surface area contributed by atoms with Crippen molar-refractivity contribution in [1.29, 1.82) is 0 Å². The van der Waals surface area contributed by atoms with Crippen molar-refractivity contribution in [1.82, 2.24) is 0 Å². The first-order chi connectivity index (χ1) is 15.0. The molecule has 1 aliphatic rings. The van der Waals surface area contributed by atoms with Gasteiger partial charge in [0.2, 0.25) is 0 Å². The van der Waals surface area contributed by atoms with Crippen LogP contribution in [-0.2, 0) is 22.0 Å². The quantitative estimate of drug-likeness (QED) is 0.327. The third kappa shape index (κ3) is 5.52. The SMILES string of the molecule is CCOC(=O)c1ccc(/C=C/c2cc3c(cc2CCC(C)C)C(C)(C)CCC3(C)C)cc1. The van der Waals surface area contributed by atoms with E-state index in [0.29, 0.717) is 18.1 Å². The van der Waals surface area contributed by atoms with Crippen LogP contribution in [0.2, 0.25) is 0 Å². The van der Waals surface area contributed by atoms with Crippen molar-refractivity contribution in [2.24, 2.45) is 5.92 Å². The minimum absolute atomic E-state index is 0.200. The van der Waals surface area contributed by atoms with E-state index in [2.05, 4.69) is 65.8 Å². The largest absolute Gasteiger partial charge is 0.462 e. The van der Waals surface area contributed by atoms with Crippen LogP contribution in [0.15, 0.2) is 36.4 Å². The topological polar surface area (TPSA) is 26.3 Å². The number of esters is 1. The molecular formula is C30H40O2. The van der Waals surface area contributed by atoms with Crippen molar-refractivity contribution in [3.8, 4) is 0 Å². The Morgan fingerprint density at radius 1 is 0.969 bits per heavy atom. The van der Waals surface area contributed by atoms with E-state index in [4.69, 9.17) is 4.74 Å². The molecule has 0 aromatic heterocycles. The van der Waals surface area contributed by atoms with Crippen molar-refractivity contribution in [3.63, 3.8) is 0 Å². The Kier molecular flexibility index (Phi) is 7.32. The number of rotatable bonds is 7. The van der Waals surface area contributed by atoms with Crippen LogP contribution in [0.5, 0.6) is 0 Å². The second-order valence-electron chi connectivity index (χ2n) is 11.0. The third-order valence-corrected chi connectivity index (χ3v) is 6.98. The Hall–Kier alpha value is -2.35. The molecule has 3 rings (SSSR count). The zero-order valence-electron chi connectivity index (χ0n) is 21.0. The highest BCUT2D eigenvalue weighted by atomic mass is 16.5. The van der Waals surface area contributed by atoms with Gasteiger partial charge in [0.25, 0.3) is 0 Å². The summed E-state index contributed by atoms with van der Waals surface area (Å²) in [7, 11) is 0. The van der Waals surface area contributed by atoms with Gasteiger partial charge in [-0.2, -0.15) is 0 Å². The molecule has 0 saturated carbocycles. The molecule has 1 aliphatic carbocycles. The van der Waals surface area contributed by atoms with Gasteiger partial charge in [-0.3, -0.25) is 0 Å². The molecule has 0 radical (unpaired) electrons. The maximum atomic E-state index is 11.9. The normalized spacial score (nSPS) is 16.9. The highest BCUT2D eigenvalue weighted by Gasteiger charge is 2.37. The molecule has 2 aromatic rings. The lowest BCUT2D eigenvalue weighted by Crippen LogP contribution is -2.34. The van der Waals surface area contributed by atoms with E-state index < -0.39 is 0 Å². The van der Waals surface area contributed by atoms with E-state index in [9.17, 15) is 4.79 Å². The van der Waals surface area contributed by atoms with E-state index in [-0.39, 0.29) is 16.8 Å². The van der Waals surface area contributed by atoms with Crippen molar-refractivity contribution in [2.75, 3.05) is 6.61 Å². The van der Waals surface area contributed by atoms with Gasteiger partial charge < -0.3 is 4.74 Å². The summed E-state index contributed by atoms with van der Waals surface area (Å²) in [6, 6.07) is 12.6. The number of ether oxygens (including phenoxy) is 1. The van der Waals surface area contributed by atoms with E-state index in [1.165, 1.54) is 41.5 Å². The highest BCUT2D eigenvalue weighted by Crippen LogP contribution is 2.47. The number of benzene rings is 2. The molecule has 2 aromatic carbocycles. The van der Waals surface area contributed by atoms with Crippen molar-refractivity contribution >= 4 is 18.1 Å². The van der Waals surface area contributed by atoms with Gasteiger partial charge in [-0.25, -0.2) is 4.79 Å². The van der Waals surface area contributed by atoms with Crippen LogP contribution in [0.1, 0.15) is 106 Å². The molecule has 0 saturated heterocycles. The lowest BCUT2D eigenvalue weighted by atomic mass is 9.62. The molecular weight excluding hydrogens is 392 g/mol. The van der Waals surface area contributed by atoms with Crippen molar-refractivity contribution in [3.05, 3.63) is 69.8 Å². The minimum Gasteiger partial charge on any atom is -0.462 e. The summed E-state index contributed by atoms with van der Waals surface area (Å²) >= 11 is 0. The molecule has 2 nitrogen and oxygen atoms in total. The molecule has 0 atom stereocenters. The fraction of sp³-hybridized carbons (Fsp3) is 0.500. The molecule has 0 bridgehead atoms. The van der Waals surface area contributed by atoms with Crippen LogP contribution in [0.25, 0.3) is 12.2 Å². The van der Waals surface area contributed by atoms with Crippen LogP contribution < -0.4 is 0 Å². The standard InChI is InChI=1S/C30H40O2/c1-8-32-28(31)23-14-10-22(11-15-23)12-16-25-20-27-26(19-24(25)13-9-21(2)3)29(4,5)17-18-30(27,6)7/h10-12,14-16,19-21H,8-9,13,17-18H2,1-7H3/b16-12+. The first-order valence-electron chi connectivity index (χ1n) is 12.2. The Morgan fingerprint density at radius 2 is 1.56 bits per heavy atom. The Labute approximate surface area is 195 Å². The summed E-state index contributed by atoms with van der Waals surface area (Å²) in [6.45, 7) is 16.4. The zero-order chi connectivity index (χ0) is 23.5.